The Kier molecular flexibility index (Phi) is 4.40. The number of fused-ring (bicyclic) bond motifs is 1. The van der Waals surface area contributed by atoms with Crippen LogP contribution in [0.5, 0.6) is 0 Å². The Morgan fingerprint density at radius 2 is 1.92 bits per heavy atom. The number of benzene rings is 2. The van der Waals surface area contributed by atoms with Gasteiger partial charge in [0.25, 0.3) is 5.91 Å². The minimum Gasteiger partial charge on any atom is -0.451 e. The van der Waals surface area contributed by atoms with Gasteiger partial charge in [-0.15, -0.1) is 0 Å². The van der Waals surface area contributed by atoms with Crippen LogP contribution in [0.2, 0.25) is 5.02 Å². The SMILES string of the molecule is CC(C)c1cccc(NC(=O)c2cc(=O)c3cc(Cl)ccc3o2)c1. The lowest BCUT2D eigenvalue weighted by molar-refractivity contribution is 0.0997. The summed E-state index contributed by atoms with van der Waals surface area (Å²) >= 11 is 5.88. The van der Waals surface area contributed by atoms with Crippen molar-refractivity contribution in [2.75, 3.05) is 5.32 Å². The monoisotopic (exact) mass is 341 g/mol. The molecule has 2 aromatic carbocycles. The van der Waals surface area contributed by atoms with Gasteiger partial charge in [0, 0.05) is 16.8 Å². The van der Waals surface area contributed by atoms with Gasteiger partial charge in [-0.1, -0.05) is 37.6 Å². The smallest absolute Gasteiger partial charge is 0.291 e. The summed E-state index contributed by atoms with van der Waals surface area (Å²) in [6, 6.07) is 13.5. The van der Waals surface area contributed by atoms with Crippen LogP contribution in [0.1, 0.15) is 35.9 Å². The standard InChI is InChI=1S/C19H16ClNO3/c1-11(2)12-4-3-5-14(8-12)21-19(23)18-10-16(22)15-9-13(20)6-7-17(15)24-18/h3-11H,1-2H3,(H,21,23). The van der Waals surface area contributed by atoms with Gasteiger partial charge < -0.3 is 9.73 Å². The maximum absolute atomic E-state index is 12.4. The van der Waals surface area contributed by atoms with Crippen molar-refractivity contribution in [1.29, 1.82) is 0 Å². The van der Waals surface area contributed by atoms with Gasteiger partial charge in [-0.2, -0.15) is 0 Å². The van der Waals surface area contributed by atoms with Crippen molar-refractivity contribution < 1.29 is 9.21 Å². The topological polar surface area (TPSA) is 59.3 Å². The van der Waals surface area contributed by atoms with E-state index in [1.54, 1.807) is 18.2 Å². The van der Waals surface area contributed by atoms with E-state index >= 15 is 0 Å². The fraction of sp³-hybridized carbons (Fsp3) is 0.158. The van der Waals surface area contributed by atoms with Crippen LogP contribution >= 0.6 is 11.6 Å². The molecule has 3 aromatic rings. The molecule has 5 heteroatoms. The molecule has 4 nitrogen and oxygen atoms in total. The van der Waals surface area contributed by atoms with Crippen molar-refractivity contribution in [3.63, 3.8) is 0 Å². The molecule has 1 aromatic heterocycles. The Balaban J connectivity index is 1.93. The van der Waals surface area contributed by atoms with Crippen molar-refractivity contribution in [2.24, 2.45) is 0 Å². The summed E-state index contributed by atoms with van der Waals surface area (Å²) in [6.07, 6.45) is 0. The van der Waals surface area contributed by atoms with E-state index in [0.29, 0.717) is 27.6 Å². The maximum atomic E-state index is 12.4. The van der Waals surface area contributed by atoms with Crippen molar-refractivity contribution in [3.8, 4) is 0 Å². The molecular weight excluding hydrogens is 326 g/mol. The number of anilines is 1. The average Bonchev–Trinajstić information content (AvgIpc) is 2.55. The molecule has 0 aliphatic heterocycles. The Morgan fingerprint density at radius 1 is 1.12 bits per heavy atom. The van der Waals surface area contributed by atoms with Gasteiger partial charge in [0.2, 0.25) is 0 Å². The molecule has 0 unspecified atom stereocenters. The van der Waals surface area contributed by atoms with Gasteiger partial charge in [0.05, 0.1) is 5.39 Å². The number of amides is 1. The molecule has 0 saturated carbocycles. The molecule has 0 aliphatic rings. The molecule has 0 fully saturated rings. The van der Waals surface area contributed by atoms with Crippen molar-refractivity contribution in [3.05, 3.63) is 75.1 Å². The zero-order valence-electron chi connectivity index (χ0n) is 13.3. The van der Waals surface area contributed by atoms with Crippen LogP contribution in [-0.2, 0) is 0 Å². The number of carbonyl (C=O) groups is 1. The quantitative estimate of drug-likeness (QED) is 0.742. The van der Waals surface area contributed by atoms with Gasteiger partial charge in [0.1, 0.15) is 5.58 Å². The first kappa shape index (κ1) is 16.3. The minimum atomic E-state index is -0.468. The lowest BCUT2D eigenvalue weighted by Gasteiger charge is -2.09. The zero-order valence-corrected chi connectivity index (χ0v) is 14.1. The van der Waals surface area contributed by atoms with E-state index in [-0.39, 0.29) is 11.2 Å². The predicted molar refractivity (Wildman–Crippen MR) is 96.0 cm³/mol. The molecular formula is C19H16ClNO3. The van der Waals surface area contributed by atoms with Crippen molar-refractivity contribution >= 4 is 34.2 Å². The fourth-order valence-electron chi connectivity index (χ4n) is 2.41. The van der Waals surface area contributed by atoms with E-state index < -0.39 is 5.91 Å². The first-order chi connectivity index (χ1) is 11.4. The summed E-state index contributed by atoms with van der Waals surface area (Å²) in [5.74, 6) is -0.153. The second kappa shape index (κ2) is 6.49. The van der Waals surface area contributed by atoms with E-state index in [4.69, 9.17) is 16.0 Å². The lowest BCUT2D eigenvalue weighted by Crippen LogP contribution is -2.15. The zero-order chi connectivity index (χ0) is 17.3. The van der Waals surface area contributed by atoms with Crippen LogP contribution in [-0.4, -0.2) is 5.91 Å². The van der Waals surface area contributed by atoms with E-state index in [0.717, 1.165) is 5.56 Å². The normalized spacial score (nSPS) is 11.0. The molecule has 0 radical (unpaired) electrons. The first-order valence-corrected chi connectivity index (χ1v) is 7.96. The third-order valence-electron chi connectivity index (χ3n) is 3.72. The number of hydrogen-bond acceptors (Lipinski definition) is 3. The highest BCUT2D eigenvalue weighted by atomic mass is 35.5. The highest BCUT2D eigenvalue weighted by Gasteiger charge is 2.13. The molecule has 1 N–H and O–H groups in total. The Bertz CT molecular complexity index is 976. The highest BCUT2D eigenvalue weighted by Crippen LogP contribution is 2.20. The van der Waals surface area contributed by atoms with Crippen LogP contribution in [0, 0.1) is 0 Å². The minimum absolute atomic E-state index is 0.0372. The van der Waals surface area contributed by atoms with Crippen LogP contribution in [0.15, 0.2) is 57.7 Å². The van der Waals surface area contributed by atoms with Gasteiger partial charge in [0.15, 0.2) is 11.2 Å². The second-order valence-electron chi connectivity index (χ2n) is 5.85. The molecule has 0 aliphatic carbocycles. The third-order valence-corrected chi connectivity index (χ3v) is 3.96. The summed E-state index contributed by atoms with van der Waals surface area (Å²) in [7, 11) is 0. The third kappa shape index (κ3) is 3.34. The Hall–Kier alpha value is -2.59. The second-order valence-corrected chi connectivity index (χ2v) is 6.29. The van der Waals surface area contributed by atoms with Gasteiger partial charge in [-0.3, -0.25) is 9.59 Å². The lowest BCUT2D eigenvalue weighted by atomic mass is 10.0. The fourth-order valence-corrected chi connectivity index (χ4v) is 2.58. The highest BCUT2D eigenvalue weighted by molar-refractivity contribution is 6.31. The predicted octanol–water partition coefficient (Wildman–Crippen LogP) is 4.82. The molecule has 122 valence electrons. The van der Waals surface area contributed by atoms with Crippen molar-refractivity contribution in [1.82, 2.24) is 0 Å². The maximum Gasteiger partial charge on any atom is 0.291 e. The van der Waals surface area contributed by atoms with Crippen LogP contribution < -0.4 is 10.7 Å². The number of carbonyl (C=O) groups excluding carboxylic acids is 1. The number of rotatable bonds is 3. The largest absolute Gasteiger partial charge is 0.451 e. The summed E-state index contributed by atoms with van der Waals surface area (Å²) < 4.78 is 5.54. The molecule has 0 atom stereocenters. The van der Waals surface area contributed by atoms with E-state index in [1.807, 2.05) is 18.2 Å². The molecule has 24 heavy (non-hydrogen) atoms. The Labute approximate surface area is 144 Å². The molecule has 0 saturated heterocycles. The van der Waals surface area contributed by atoms with Gasteiger partial charge in [-0.25, -0.2) is 0 Å². The Morgan fingerprint density at radius 3 is 2.67 bits per heavy atom. The first-order valence-electron chi connectivity index (χ1n) is 7.59. The van der Waals surface area contributed by atoms with E-state index in [2.05, 4.69) is 19.2 Å². The van der Waals surface area contributed by atoms with Crippen LogP contribution in [0.3, 0.4) is 0 Å². The number of hydrogen-bond donors (Lipinski definition) is 1. The molecule has 1 amide bonds. The molecule has 0 bridgehead atoms. The van der Waals surface area contributed by atoms with Gasteiger partial charge in [-0.05, 0) is 41.8 Å². The van der Waals surface area contributed by atoms with E-state index in [9.17, 15) is 9.59 Å². The molecule has 0 spiro atoms. The number of halogens is 1. The number of nitrogens with one attached hydrogen (secondary N) is 1. The molecule has 1 heterocycles. The summed E-state index contributed by atoms with van der Waals surface area (Å²) in [5.41, 5.74) is 1.79. The average molecular weight is 342 g/mol. The summed E-state index contributed by atoms with van der Waals surface area (Å²) in [6.45, 7) is 4.16. The summed E-state index contributed by atoms with van der Waals surface area (Å²) in [5, 5.41) is 3.55. The van der Waals surface area contributed by atoms with Crippen LogP contribution in [0.4, 0.5) is 5.69 Å². The van der Waals surface area contributed by atoms with E-state index in [1.165, 1.54) is 12.1 Å². The van der Waals surface area contributed by atoms with Crippen LogP contribution in [0.25, 0.3) is 11.0 Å². The summed E-state index contributed by atoms with van der Waals surface area (Å²) in [4.78, 5) is 24.5. The molecule has 3 rings (SSSR count). The van der Waals surface area contributed by atoms with Gasteiger partial charge >= 0.3 is 0 Å². The van der Waals surface area contributed by atoms with Crippen molar-refractivity contribution in [2.45, 2.75) is 19.8 Å².